The lowest BCUT2D eigenvalue weighted by Crippen LogP contribution is -2.28. The van der Waals surface area contributed by atoms with Gasteiger partial charge in [0.05, 0.1) is 5.41 Å². The predicted octanol–water partition coefficient (Wildman–Crippen LogP) is 14.4. The second-order valence-electron chi connectivity index (χ2n) is 15.7. The Morgan fingerprint density at radius 3 is 1.55 bits per heavy atom. The monoisotopic (exact) mass is 707 g/mol. The molecule has 0 N–H and O–H groups in total. The van der Waals surface area contributed by atoms with Crippen LogP contribution in [0.2, 0.25) is 0 Å². The first-order chi connectivity index (χ1) is 26.9. The van der Waals surface area contributed by atoms with Gasteiger partial charge in [-0.3, -0.25) is 0 Å². The van der Waals surface area contributed by atoms with Crippen molar-refractivity contribution in [1.82, 2.24) is 0 Å². The van der Waals surface area contributed by atoms with Crippen LogP contribution in [0.4, 0.5) is 17.1 Å². The number of furan rings is 1. The summed E-state index contributed by atoms with van der Waals surface area (Å²) >= 11 is 0. The Balaban J connectivity index is 1.11. The lowest BCUT2D eigenvalue weighted by Gasteiger charge is -2.34. The highest BCUT2D eigenvalue weighted by Gasteiger charge is 2.45. The summed E-state index contributed by atoms with van der Waals surface area (Å²) in [7, 11) is 0. The molecular weight excluding hydrogens is 667 g/mol. The number of hydrogen-bond acceptors (Lipinski definition) is 2. The Kier molecular flexibility index (Phi) is 7.64. The van der Waals surface area contributed by atoms with E-state index in [-0.39, 0.29) is 5.41 Å². The maximum absolute atomic E-state index is 6.42. The van der Waals surface area contributed by atoms with Gasteiger partial charge < -0.3 is 9.32 Å². The van der Waals surface area contributed by atoms with E-state index < -0.39 is 5.41 Å². The molecule has 2 nitrogen and oxygen atoms in total. The minimum atomic E-state index is -0.439. The van der Waals surface area contributed by atoms with Crippen LogP contribution in [0.15, 0.2) is 199 Å². The summed E-state index contributed by atoms with van der Waals surface area (Å²) in [5.41, 5.74) is 16.0. The minimum Gasteiger partial charge on any atom is -0.455 e. The topological polar surface area (TPSA) is 16.4 Å². The van der Waals surface area contributed by atoms with E-state index in [1.54, 1.807) is 0 Å². The van der Waals surface area contributed by atoms with Crippen molar-refractivity contribution in [2.45, 2.75) is 31.6 Å². The standard InChI is InChI=1S/C53H41NO/c1-52(2,3)37-26-32-41(33-27-37)54(40-30-24-36(25-31-40)43-19-13-20-47-46-18-9-12-23-50(46)55-51(43)47)42-34-28-39(29-35-42)53(38-14-5-4-6-15-38)48-21-10-7-16-44(48)45-17-8-11-22-49(45)53/h4-35H,1-3H3. The van der Waals surface area contributed by atoms with Crippen LogP contribution in [0.1, 0.15) is 48.6 Å². The predicted molar refractivity (Wildman–Crippen MR) is 230 cm³/mol. The highest BCUT2D eigenvalue weighted by atomic mass is 16.3. The summed E-state index contributed by atoms with van der Waals surface area (Å²) < 4.78 is 6.42. The Bertz CT molecular complexity index is 2780. The van der Waals surface area contributed by atoms with E-state index >= 15 is 0 Å². The van der Waals surface area contributed by atoms with Gasteiger partial charge in [-0.2, -0.15) is 0 Å². The molecule has 0 saturated carbocycles. The summed E-state index contributed by atoms with van der Waals surface area (Å²) in [6, 6.07) is 70.8. The quantitative estimate of drug-likeness (QED) is 0.171. The van der Waals surface area contributed by atoms with Crippen LogP contribution in [0.3, 0.4) is 0 Å². The molecule has 1 aliphatic rings. The fourth-order valence-corrected chi connectivity index (χ4v) is 8.89. The van der Waals surface area contributed by atoms with Gasteiger partial charge in [-0.15, -0.1) is 0 Å². The molecule has 55 heavy (non-hydrogen) atoms. The van der Waals surface area contributed by atoms with Crippen LogP contribution < -0.4 is 4.90 Å². The zero-order valence-corrected chi connectivity index (χ0v) is 31.3. The van der Waals surface area contributed by atoms with Crippen LogP contribution in [0.25, 0.3) is 44.2 Å². The van der Waals surface area contributed by atoms with E-state index in [4.69, 9.17) is 4.42 Å². The fourth-order valence-electron chi connectivity index (χ4n) is 8.89. The number of nitrogens with zero attached hydrogens (tertiary/aromatic N) is 1. The van der Waals surface area contributed by atoms with E-state index in [1.165, 1.54) is 38.9 Å². The van der Waals surface area contributed by atoms with Crippen LogP contribution in [-0.2, 0) is 10.8 Å². The molecule has 0 unspecified atom stereocenters. The molecule has 0 aliphatic heterocycles. The SMILES string of the molecule is CC(C)(C)c1ccc(N(c2ccc(-c3cccc4c3oc3ccccc34)cc2)c2ccc(C3(c4ccccc4)c4ccccc4-c4ccccc43)cc2)cc1. The summed E-state index contributed by atoms with van der Waals surface area (Å²) in [5.74, 6) is 0. The molecule has 264 valence electrons. The van der Waals surface area contributed by atoms with Gasteiger partial charge in [0.25, 0.3) is 0 Å². The molecule has 1 heterocycles. The number of benzene rings is 8. The van der Waals surface area contributed by atoms with Crippen molar-refractivity contribution < 1.29 is 4.42 Å². The zero-order chi connectivity index (χ0) is 37.1. The van der Waals surface area contributed by atoms with Gasteiger partial charge in [0.2, 0.25) is 0 Å². The molecule has 1 aromatic heterocycles. The first-order valence-corrected chi connectivity index (χ1v) is 19.2. The molecule has 1 aliphatic carbocycles. The third-order valence-electron chi connectivity index (χ3n) is 11.5. The van der Waals surface area contributed by atoms with Crippen molar-refractivity contribution in [3.8, 4) is 22.3 Å². The van der Waals surface area contributed by atoms with Crippen LogP contribution in [-0.4, -0.2) is 0 Å². The average Bonchev–Trinajstić information content (AvgIpc) is 3.76. The second kappa shape index (κ2) is 12.7. The van der Waals surface area contributed by atoms with Gasteiger partial charge in [0.1, 0.15) is 11.2 Å². The fraction of sp³-hybridized carbons (Fsp3) is 0.0943. The molecule has 0 saturated heterocycles. The Hall–Kier alpha value is -6.64. The molecule has 0 spiro atoms. The van der Waals surface area contributed by atoms with Crippen LogP contribution in [0, 0.1) is 0 Å². The largest absolute Gasteiger partial charge is 0.455 e. The second-order valence-corrected chi connectivity index (χ2v) is 15.7. The minimum absolute atomic E-state index is 0.0595. The van der Waals surface area contributed by atoms with Gasteiger partial charge in [-0.05, 0) is 92.4 Å². The normalized spacial score (nSPS) is 13.1. The van der Waals surface area contributed by atoms with E-state index in [9.17, 15) is 0 Å². The third kappa shape index (κ3) is 5.24. The molecule has 2 heteroatoms. The molecule has 0 atom stereocenters. The molecule has 0 bridgehead atoms. The molecule has 9 aromatic rings. The van der Waals surface area contributed by atoms with E-state index in [0.717, 1.165) is 50.1 Å². The molecule has 8 aromatic carbocycles. The lowest BCUT2D eigenvalue weighted by atomic mass is 9.68. The Labute approximate surface area is 323 Å². The third-order valence-corrected chi connectivity index (χ3v) is 11.5. The molecule has 10 rings (SSSR count). The van der Waals surface area contributed by atoms with Crippen LogP contribution in [0.5, 0.6) is 0 Å². The van der Waals surface area contributed by atoms with Crippen LogP contribution >= 0.6 is 0 Å². The van der Waals surface area contributed by atoms with Crippen molar-refractivity contribution in [3.63, 3.8) is 0 Å². The highest BCUT2D eigenvalue weighted by Crippen LogP contribution is 2.56. The van der Waals surface area contributed by atoms with Gasteiger partial charge in [-0.25, -0.2) is 0 Å². The van der Waals surface area contributed by atoms with Crippen molar-refractivity contribution >= 4 is 39.0 Å². The Morgan fingerprint density at radius 2 is 0.909 bits per heavy atom. The van der Waals surface area contributed by atoms with E-state index in [1.807, 2.05) is 12.1 Å². The summed E-state index contributed by atoms with van der Waals surface area (Å²) in [5, 5.41) is 2.28. The average molecular weight is 708 g/mol. The molecular formula is C53H41NO. The molecule has 0 fully saturated rings. The zero-order valence-electron chi connectivity index (χ0n) is 31.3. The van der Waals surface area contributed by atoms with Crippen molar-refractivity contribution in [1.29, 1.82) is 0 Å². The number of para-hydroxylation sites is 2. The number of hydrogen-bond donors (Lipinski definition) is 0. The van der Waals surface area contributed by atoms with Gasteiger partial charge in [-0.1, -0.05) is 172 Å². The van der Waals surface area contributed by atoms with E-state index in [2.05, 4.69) is 208 Å². The Morgan fingerprint density at radius 1 is 0.418 bits per heavy atom. The first kappa shape index (κ1) is 33.0. The summed E-state index contributed by atoms with van der Waals surface area (Å²) in [6.45, 7) is 6.80. The molecule has 0 radical (unpaired) electrons. The summed E-state index contributed by atoms with van der Waals surface area (Å²) in [4.78, 5) is 2.37. The summed E-state index contributed by atoms with van der Waals surface area (Å²) in [6.07, 6.45) is 0. The van der Waals surface area contributed by atoms with Gasteiger partial charge >= 0.3 is 0 Å². The smallest absolute Gasteiger partial charge is 0.143 e. The number of rotatable bonds is 6. The maximum atomic E-state index is 6.42. The number of fused-ring (bicyclic) bond motifs is 6. The number of anilines is 3. The van der Waals surface area contributed by atoms with Crippen molar-refractivity contribution in [3.05, 3.63) is 222 Å². The maximum Gasteiger partial charge on any atom is 0.143 e. The van der Waals surface area contributed by atoms with Crippen molar-refractivity contribution in [2.75, 3.05) is 4.90 Å². The van der Waals surface area contributed by atoms with E-state index in [0.29, 0.717) is 0 Å². The van der Waals surface area contributed by atoms with Gasteiger partial charge in [0, 0.05) is 33.4 Å². The van der Waals surface area contributed by atoms with Gasteiger partial charge in [0.15, 0.2) is 0 Å². The van der Waals surface area contributed by atoms with Crippen molar-refractivity contribution in [2.24, 2.45) is 0 Å². The highest BCUT2D eigenvalue weighted by molar-refractivity contribution is 6.09. The first-order valence-electron chi connectivity index (χ1n) is 19.2. The molecule has 0 amide bonds. The lowest BCUT2D eigenvalue weighted by molar-refractivity contribution is 0.590.